The Hall–Kier alpha value is -1.56. The summed E-state index contributed by atoms with van der Waals surface area (Å²) in [4.78, 5) is 20.4. The monoisotopic (exact) mass is 283 g/mol. The zero-order chi connectivity index (χ0) is 11.5. The summed E-state index contributed by atoms with van der Waals surface area (Å²) < 4.78 is 5.72. The van der Waals surface area contributed by atoms with Gasteiger partial charge in [-0.3, -0.25) is 4.79 Å². The number of halogens is 1. The van der Waals surface area contributed by atoms with Gasteiger partial charge in [-0.15, -0.1) is 0 Å². The van der Waals surface area contributed by atoms with Crippen molar-refractivity contribution in [2.75, 3.05) is 7.05 Å². The van der Waals surface area contributed by atoms with Crippen molar-refractivity contribution in [3.05, 3.63) is 40.8 Å². The Labute approximate surface area is 101 Å². The minimum Gasteiger partial charge on any atom is -0.444 e. The van der Waals surface area contributed by atoms with E-state index in [1.165, 1.54) is 4.90 Å². The van der Waals surface area contributed by atoms with Gasteiger partial charge in [0.1, 0.15) is 5.82 Å². The molecule has 2 aromatic rings. The lowest BCUT2D eigenvalue weighted by Gasteiger charge is -2.13. The Morgan fingerprint density at radius 3 is 3.00 bits per heavy atom. The molecule has 2 rings (SSSR count). The van der Waals surface area contributed by atoms with Gasteiger partial charge in [0.25, 0.3) is 5.91 Å². The van der Waals surface area contributed by atoms with E-state index in [1.807, 2.05) is 0 Å². The van der Waals surface area contributed by atoms with Crippen LogP contribution < -0.4 is 0 Å². The summed E-state index contributed by atoms with van der Waals surface area (Å²) in [6.07, 6.45) is 3.37. The van der Waals surface area contributed by atoms with Crippen LogP contribution in [0, 0.1) is 0 Å². The maximum Gasteiger partial charge on any atom is 0.289 e. The van der Waals surface area contributed by atoms with Gasteiger partial charge >= 0.3 is 0 Å². The predicted octanol–water partition coefficient (Wildman–Crippen LogP) is 2.04. The molecule has 1 N–H and O–H groups in total. The predicted molar refractivity (Wildman–Crippen MR) is 60.8 cm³/mol. The van der Waals surface area contributed by atoms with Crippen LogP contribution in [0.4, 0.5) is 0 Å². The molecule has 1 amide bonds. The number of amides is 1. The normalized spacial score (nSPS) is 10.4. The number of carbonyl (C=O) groups excluding carboxylic acids is 1. The van der Waals surface area contributed by atoms with E-state index >= 15 is 0 Å². The molecule has 0 aliphatic carbocycles. The lowest BCUT2D eigenvalue weighted by molar-refractivity contribution is 0.0749. The molecule has 5 nitrogen and oxygen atoms in total. The SMILES string of the molecule is CN(Cc1ncc[nH]1)C(=O)c1ccc(Br)o1. The van der Waals surface area contributed by atoms with Crippen LogP contribution in [0.15, 0.2) is 33.6 Å². The van der Waals surface area contributed by atoms with Gasteiger partial charge in [0.2, 0.25) is 0 Å². The second kappa shape index (κ2) is 4.52. The molecule has 2 aromatic heterocycles. The minimum absolute atomic E-state index is 0.179. The molecule has 16 heavy (non-hydrogen) atoms. The molecular weight excluding hydrogens is 274 g/mol. The van der Waals surface area contributed by atoms with Crippen LogP contribution in [0.25, 0.3) is 0 Å². The Bertz CT molecular complexity index is 478. The molecule has 0 aromatic carbocycles. The Morgan fingerprint density at radius 2 is 2.44 bits per heavy atom. The Kier molecular flexibility index (Phi) is 3.09. The quantitative estimate of drug-likeness (QED) is 0.938. The fourth-order valence-electron chi connectivity index (χ4n) is 1.30. The molecule has 0 radical (unpaired) electrons. The molecule has 0 aliphatic heterocycles. The molecular formula is C10H10BrN3O2. The summed E-state index contributed by atoms with van der Waals surface area (Å²) in [7, 11) is 1.70. The average Bonchev–Trinajstić information content (AvgIpc) is 2.88. The van der Waals surface area contributed by atoms with E-state index in [4.69, 9.17) is 4.42 Å². The van der Waals surface area contributed by atoms with Crippen molar-refractivity contribution in [1.29, 1.82) is 0 Å². The highest BCUT2D eigenvalue weighted by Gasteiger charge is 2.16. The summed E-state index contributed by atoms with van der Waals surface area (Å²) >= 11 is 3.15. The minimum atomic E-state index is -0.179. The molecule has 0 unspecified atom stereocenters. The van der Waals surface area contributed by atoms with Crippen molar-refractivity contribution >= 4 is 21.8 Å². The standard InChI is InChI=1S/C10H10BrN3O2/c1-14(6-9-12-4-5-13-9)10(15)7-2-3-8(11)16-7/h2-5H,6H2,1H3,(H,12,13). The maximum atomic E-state index is 11.9. The summed E-state index contributed by atoms with van der Waals surface area (Å²) in [5, 5.41) is 0. The summed E-state index contributed by atoms with van der Waals surface area (Å²) in [5.74, 6) is 0.865. The van der Waals surface area contributed by atoms with Gasteiger partial charge in [-0.25, -0.2) is 4.98 Å². The van der Waals surface area contributed by atoms with E-state index in [9.17, 15) is 4.79 Å². The lowest BCUT2D eigenvalue weighted by Crippen LogP contribution is -2.26. The van der Waals surface area contributed by atoms with Gasteiger partial charge < -0.3 is 14.3 Å². The molecule has 0 bridgehead atoms. The number of hydrogen-bond acceptors (Lipinski definition) is 3. The van der Waals surface area contributed by atoms with Crippen LogP contribution in [-0.2, 0) is 6.54 Å². The van der Waals surface area contributed by atoms with E-state index < -0.39 is 0 Å². The molecule has 0 atom stereocenters. The number of aromatic nitrogens is 2. The third-order valence-electron chi connectivity index (χ3n) is 2.07. The average molecular weight is 284 g/mol. The Balaban J connectivity index is 2.05. The van der Waals surface area contributed by atoms with Gasteiger partial charge in [-0.2, -0.15) is 0 Å². The molecule has 0 saturated heterocycles. The first kappa shape index (κ1) is 10.9. The highest BCUT2D eigenvalue weighted by atomic mass is 79.9. The van der Waals surface area contributed by atoms with Crippen LogP contribution in [0.5, 0.6) is 0 Å². The number of imidazole rings is 1. The Morgan fingerprint density at radius 1 is 1.62 bits per heavy atom. The number of H-pyrrole nitrogens is 1. The van der Waals surface area contributed by atoms with Crippen molar-refractivity contribution in [3.8, 4) is 0 Å². The van der Waals surface area contributed by atoms with Crippen molar-refractivity contribution in [2.24, 2.45) is 0 Å². The zero-order valence-electron chi connectivity index (χ0n) is 8.61. The fraction of sp³-hybridized carbons (Fsp3) is 0.200. The smallest absolute Gasteiger partial charge is 0.289 e. The molecule has 0 spiro atoms. The van der Waals surface area contributed by atoms with E-state index in [-0.39, 0.29) is 5.91 Å². The summed E-state index contributed by atoms with van der Waals surface area (Å²) in [6.45, 7) is 0.421. The van der Waals surface area contributed by atoms with Crippen LogP contribution in [0.2, 0.25) is 0 Å². The van der Waals surface area contributed by atoms with E-state index in [2.05, 4.69) is 25.9 Å². The number of hydrogen-bond donors (Lipinski definition) is 1. The largest absolute Gasteiger partial charge is 0.444 e. The third-order valence-corrected chi connectivity index (χ3v) is 2.50. The summed E-state index contributed by atoms with van der Waals surface area (Å²) in [6, 6.07) is 3.32. The highest BCUT2D eigenvalue weighted by Crippen LogP contribution is 2.15. The van der Waals surface area contributed by atoms with E-state index in [0.29, 0.717) is 17.0 Å². The van der Waals surface area contributed by atoms with Gasteiger partial charge in [-0.1, -0.05) is 0 Å². The number of aromatic amines is 1. The molecule has 84 valence electrons. The van der Waals surface area contributed by atoms with Crippen LogP contribution in [0.3, 0.4) is 0 Å². The molecule has 2 heterocycles. The lowest BCUT2D eigenvalue weighted by atomic mass is 10.4. The number of nitrogens with one attached hydrogen (secondary N) is 1. The first-order chi connectivity index (χ1) is 7.66. The van der Waals surface area contributed by atoms with Gasteiger partial charge in [0.15, 0.2) is 10.4 Å². The van der Waals surface area contributed by atoms with Gasteiger partial charge in [-0.05, 0) is 28.1 Å². The van der Waals surface area contributed by atoms with Crippen LogP contribution in [0.1, 0.15) is 16.4 Å². The highest BCUT2D eigenvalue weighted by molar-refractivity contribution is 9.10. The second-order valence-electron chi connectivity index (χ2n) is 3.30. The number of nitrogens with zero attached hydrogens (tertiary/aromatic N) is 2. The molecule has 0 saturated carbocycles. The van der Waals surface area contributed by atoms with Gasteiger partial charge in [0, 0.05) is 19.4 Å². The number of furan rings is 1. The van der Waals surface area contributed by atoms with E-state index in [0.717, 1.165) is 5.82 Å². The third kappa shape index (κ3) is 2.33. The summed E-state index contributed by atoms with van der Waals surface area (Å²) in [5.41, 5.74) is 0. The van der Waals surface area contributed by atoms with Gasteiger partial charge in [0.05, 0.1) is 6.54 Å². The van der Waals surface area contributed by atoms with Crippen molar-refractivity contribution in [3.63, 3.8) is 0 Å². The zero-order valence-corrected chi connectivity index (χ0v) is 10.2. The van der Waals surface area contributed by atoms with Crippen LogP contribution >= 0.6 is 15.9 Å². The molecule has 6 heteroatoms. The number of rotatable bonds is 3. The van der Waals surface area contributed by atoms with Crippen molar-refractivity contribution in [1.82, 2.24) is 14.9 Å². The second-order valence-corrected chi connectivity index (χ2v) is 4.08. The fourth-order valence-corrected chi connectivity index (χ4v) is 1.60. The topological polar surface area (TPSA) is 62.1 Å². The van der Waals surface area contributed by atoms with E-state index in [1.54, 1.807) is 31.6 Å². The van der Waals surface area contributed by atoms with Crippen molar-refractivity contribution < 1.29 is 9.21 Å². The first-order valence-corrected chi connectivity index (χ1v) is 5.45. The molecule has 0 aliphatic rings. The molecule has 0 fully saturated rings. The number of carbonyl (C=O) groups is 1. The first-order valence-electron chi connectivity index (χ1n) is 4.66. The van der Waals surface area contributed by atoms with Crippen molar-refractivity contribution in [2.45, 2.75) is 6.54 Å². The maximum absolute atomic E-state index is 11.9. The van der Waals surface area contributed by atoms with Crippen LogP contribution in [-0.4, -0.2) is 27.8 Å².